The average Bonchev–Trinajstić information content (AvgIpc) is 3.24. The van der Waals surface area contributed by atoms with Gasteiger partial charge in [0.2, 0.25) is 11.7 Å². The summed E-state index contributed by atoms with van der Waals surface area (Å²) in [6, 6.07) is 13.3. The smallest absolute Gasteiger partial charge is 0.253 e. The molecule has 2 heterocycles. The van der Waals surface area contributed by atoms with Gasteiger partial charge in [-0.2, -0.15) is 4.98 Å². The average molecular weight is 417 g/mol. The largest absolute Gasteiger partial charge is 0.339 e. The molecule has 4 rings (SSSR count). The zero-order valence-corrected chi connectivity index (χ0v) is 16.6. The van der Waals surface area contributed by atoms with E-state index >= 15 is 0 Å². The Balaban J connectivity index is 0.00000240. The highest BCUT2D eigenvalue weighted by Crippen LogP contribution is 2.28. The molecule has 0 aliphatic carbocycles. The quantitative estimate of drug-likeness (QED) is 0.699. The van der Waals surface area contributed by atoms with Gasteiger partial charge in [0.1, 0.15) is 5.82 Å². The standard InChI is InChI=1S/C21H21FN4O2.ClH/c22-18-9-7-15(8-10-18)19-24-20(28-25-19)17-2-1-11-26(13-17)21(27)16-5-3-14(12-23)4-6-16;/h3-10,17H,1-2,11-13,23H2;1H. The van der Waals surface area contributed by atoms with Crippen molar-refractivity contribution in [1.29, 1.82) is 0 Å². The van der Waals surface area contributed by atoms with Crippen LogP contribution in [0.1, 0.15) is 40.6 Å². The van der Waals surface area contributed by atoms with Crippen LogP contribution in [0.3, 0.4) is 0 Å². The van der Waals surface area contributed by atoms with Gasteiger partial charge in [-0.05, 0) is 54.8 Å². The van der Waals surface area contributed by atoms with Crippen LogP contribution >= 0.6 is 12.4 Å². The number of halogens is 2. The molecule has 2 aromatic carbocycles. The summed E-state index contributed by atoms with van der Waals surface area (Å²) in [6.07, 6.45) is 1.74. The van der Waals surface area contributed by atoms with Crippen LogP contribution in [0, 0.1) is 5.82 Å². The Bertz CT molecular complexity index is 960. The van der Waals surface area contributed by atoms with E-state index in [1.165, 1.54) is 12.1 Å². The number of rotatable bonds is 4. The number of likely N-dealkylation sites (tertiary alicyclic amines) is 1. The molecule has 1 atom stereocenters. The van der Waals surface area contributed by atoms with Crippen molar-refractivity contribution in [3.05, 3.63) is 71.4 Å². The van der Waals surface area contributed by atoms with Crippen molar-refractivity contribution < 1.29 is 13.7 Å². The minimum atomic E-state index is -0.312. The Morgan fingerprint density at radius 2 is 1.90 bits per heavy atom. The third-order valence-electron chi connectivity index (χ3n) is 5.04. The zero-order valence-electron chi connectivity index (χ0n) is 15.8. The van der Waals surface area contributed by atoms with Gasteiger partial charge >= 0.3 is 0 Å². The fraction of sp³-hybridized carbons (Fsp3) is 0.286. The van der Waals surface area contributed by atoms with Crippen LogP contribution in [0.15, 0.2) is 53.1 Å². The number of carbonyl (C=O) groups is 1. The predicted molar refractivity (Wildman–Crippen MR) is 109 cm³/mol. The van der Waals surface area contributed by atoms with E-state index in [0.29, 0.717) is 42.5 Å². The fourth-order valence-corrected chi connectivity index (χ4v) is 3.45. The number of piperidine rings is 1. The first-order valence-corrected chi connectivity index (χ1v) is 9.32. The molecule has 1 unspecified atom stereocenters. The molecule has 1 fully saturated rings. The summed E-state index contributed by atoms with van der Waals surface area (Å²) in [5, 5.41) is 4.01. The lowest BCUT2D eigenvalue weighted by Crippen LogP contribution is -2.39. The van der Waals surface area contributed by atoms with Crippen molar-refractivity contribution in [3.8, 4) is 11.4 Å². The third kappa shape index (κ3) is 4.63. The van der Waals surface area contributed by atoms with Crippen LogP contribution in [0.25, 0.3) is 11.4 Å². The normalized spacial score (nSPS) is 16.3. The third-order valence-corrected chi connectivity index (χ3v) is 5.04. The molecule has 1 amide bonds. The van der Waals surface area contributed by atoms with Crippen molar-refractivity contribution in [3.63, 3.8) is 0 Å². The maximum atomic E-state index is 13.1. The topological polar surface area (TPSA) is 85.3 Å². The molecule has 0 bridgehead atoms. The number of carbonyl (C=O) groups excluding carboxylic acids is 1. The van der Waals surface area contributed by atoms with Crippen LogP contribution in [0.2, 0.25) is 0 Å². The van der Waals surface area contributed by atoms with E-state index in [0.717, 1.165) is 18.4 Å². The molecule has 0 saturated carbocycles. The van der Waals surface area contributed by atoms with Crippen LogP contribution < -0.4 is 5.73 Å². The molecular weight excluding hydrogens is 395 g/mol. The lowest BCUT2D eigenvalue weighted by atomic mass is 9.97. The number of nitrogens with zero attached hydrogens (tertiary/aromatic N) is 3. The molecule has 1 aliphatic rings. The van der Waals surface area contributed by atoms with E-state index < -0.39 is 0 Å². The van der Waals surface area contributed by atoms with Gasteiger partial charge in [0, 0.05) is 30.8 Å². The van der Waals surface area contributed by atoms with E-state index in [1.807, 2.05) is 29.2 Å². The monoisotopic (exact) mass is 416 g/mol. The first-order valence-electron chi connectivity index (χ1n) is 9.32. The van der Waals surface area contributed by atoms with E-state index in [-0.39, 0.29) is 30.0 Å². The second-order valence-corrected chi connectivity index (χ2v) is 6.95. The summed E-state index contributed by atoms with van der Waals surface area (Å²) >= 11 is 0. The lowest BCUT2D eigenvalue weighted by Gasteiger charge is -2.31. The first-order chi connectivity index (χ1) is 13.6. The Hall–Kier alpha value is -2.77. The van der Waals surface area contributed by atoms with Crippen molar-refractivity contribution in [2.75, 3.05) is 13.1 Å². The Kier molecular flexibility index (Phi) is 6.61. The van der Waals surface area contributed by atoms with Gasteiger partial charge in [-0.15, -0.1) is 12.4 Å². The number of benzene rings is 2. The summed E-state index contributed by atoms with van der Waals surface area (Å²) in [5.41, 5.74) is 7.95. The SMILES string of the molecule is Cl.NCc1ccc(C(=O)N2CCCC(c3nc(-c4ccc(F)cc4)no3)C2)cc1. The summed E-state index contributed by atoms with van der Waals surface area (Å²) in [6.45, 7) is 1.68. The molecular formula is C21H22ClFN4O2. The highest BCUT2D eigenvalue weighted by molar-refractivity contribution is 5.94. The number of hydrogen-bond acceptors (Lipinski definition) is 5. The maximum Gasteiger partial charge on any atom is 0.253 e. The predicted octanol–water partition coefficient (Wildman–Crippen LogP) is 3.78. The van der Waals surface area contributed by atoms with Gasteiger partial charge < -0.3 is 15.2 Å². The molecule has 1 aliphatic heterocycles. The second-order valence-electron chi connectivity index (χ2n) is 6.95. The van der Waals surface area contributed by atoms with Gasteiger partial charge in [0.05, 0.1) is 5.92 Å². The van der Waals surface area contributed by atoms with Crippen LogP contribution in [-0.2, 0) is 6.54 Å². The van der Waals surface area contributed by atoms with Gasteiger partial charge in [-0.1, -0.05) is 17.3 Å². The molecule has 29 heavy (non-hydrogen) atoms. The zero-order chi connectivity index (χ0) is 19.5. The van der Waals surface area contributed by atoms with Crippen LogP contribution in [0.5, 0.6) is 0 Å². The van der Waals surface area contributed by atoms with E-state index in [2.05, 4.69) is 10.1 Å². The molecule has 1 aromatic heterocycles. The number of hydrogen-bond donors (Lipinski definition) is 1. The van der Waals surface area contributed by atoms with Crippen LogP contribution in [-0.4, -0.2) is 34.0 Å². The van der Waals surface area contributed by atoms with Gasteiger partial charge in [-0.3, -0.25) is 4.79 Å². The van der Waals surface area contributed by atoms with E-state index in [9.17, 15) is 9.18 Å². The molecule has 0 radical (unpaired) electrons. The minimum Gasteiger partial charge on any atom is -0.339 e. The fourth-order valence-electron chi connectivity index (χ4n) is 3.45. The molecule has 3 aromatic rings. The molecule has 0 spiro atoms. The minimum absolute atomic E-state index is 0. The van der Waals surface area contributed by atoms with E-state index in [4.69, 9.17) is 10.3 Å². The van der Waals surface area contributed by atoms with E-state index in [1.54, 1.807) is 12.1 Å². The Morgan fingerprint density at radius 1 is 1.17 bits per heavy atom. The van der Waals surface area contributed by atoms with Gasteiger partial charge in [0.25, 0.3) is 5.91 Å². The van der Waals surface area contributed by atoms with Crippen molar-refractivity contribution in [2.45, 2.75) is 25.3 Å². The molecule has 152 valence electrons. The second kappa shape index (κ2) is 9.15. The Labute approximate surface area is 174 Å². The maximum absolute atomic E-state index is 13.1. The molecule has 2 N–H and O–H groups in total. The number of amides is 1. The van der Waals surface area contributed by atoms with Crippen molar-refractivity contribution >= 4 is 18.3 Å². The van der Waals surface area contributed by atoms with Crippen molar-refractivity contribution in [1.82, 2.24) is 15.0 Å². The summed E-state index contributed by atoms with van der Waals surface area (Å²) in [5.74, 6) is 0.605. The van der Waals surface area contributed by atoms with Crippen molar-refractivity contribution in [2.24, 2.45) is 5.73 Å². The van der Waals surface area contributed by atoms with Gasteiger partial charge in [0.15, 0.2) is 0 Å². The number of aromatic nitrogens is 2. The molecule has 1 saturated heterocycles. The Morgan fingerprint density at radius 3 is 2.59 bits per heavy atom. The highest BCUT2D eigenvalue weighted by atomic mass is 35.5. The lowest BCUT2D eigenvalue weighted by molar-refractivity contribution is 0.0695. The summed E-state index contributed by atoms with van der Waals surface area (Å²) in [4.78, 5) is 19.1. The van der Waals surface area contributed by atoms with Gasteiger partial charge in [-0.25, -0.2) is 4.39 Å². The van der Waals surface area contributed by atoms with Crippen LogP contribution in [0.4, 0.5) is 4.39 Å². The summed E-state index contributed by atoms with van der Waals surface area (Å²) in [7, 11) is 0. The summed E-state index contributed by atoms with van der Waals surface area (Å²) < 4.78 is 18.5. The first kappa shape index (κ1) is 21.0. The highest BCUT2D eigenvalue weighted by Gasteiger charge is 2.29. The number of nitrogens with two attached hydrogens (primary N) is 1. The molecule has 8 heteroatoms. The molecule has 6 nitrogen and oxygen atoms in total.